The number of benzene rings is 2. The van der Waals surface area contributed by atoms with Crippen LogP contribution >= 0.6 is 0 Å². The second-order valence-electron chi connectivity index (χ2n) is 5.34. The molecule has 2 aromatic carbocycles. The summed E-state index contributed by atoms with van der Waals surface area (Å²) in [6.07, 6.45) is 1.12. The lowest BCUT2D eigenvalue weighted by Crippen LogP contribution is -2.14. The van der Waals surface area contributed by atoms with Crippen molar-refractivity contribution in [2.24, 2.45) is 0 Å². The number of carbonyl (C=O) groups is 1. The van der Waals surface area contributed by atoms with Crippen molar-refractivity contribution in [3.05, 3.63) is 72.9 Å². The Morgan fingerprint density at radius 3 is 2.27 bits per heavy atom. The van der Waals surface area contributed by atoms with Gasteiger partial charge in [-0.25, -0.2) is 9.78 Å². The fourth-order valence-electron chi connectivity index (χ4n) is 2.21. The summed E-state index contributed by atoms with van der Waals surface area (Å²) in [6, 6.07) is 20.8. The zero-order valence-corrected chi connectivity index (χ0v) is 14.3. The highest BCUT2D eigenvalue weighted by molar-refractivity contribution is 5.83. The molecule has 132 valence electrons. The molecule has 3 rings (SSSR count). The molecule has 0 aliphatic rings. The third-order valence-corrected chi connectivity index (χ3v) is 3.39. The number of aromatic nitrogens is 1. The molecule has 1 heterocycles. The molecule has 0 radical (unpaired) electrons. The first kappa shape index (κ1) is 17.3. The fourth-order valence-corrected chi connectivity index (χ4v) is 2.21. The fraction of sp³-hybridized carbons (Fsp3) is 0.100. The number of hydrogen-bond acceptors (Lipinski definition) is 5. The smallest absolute Gasteiger partial charge is 0.412 e. The second-order valence-corrected chi connectivity index (χ2v) is 5.34. The first-order chi connectivity index (χ1) is 12.7. The second kappa shape index (κ2) is 8.53. The van der Waals surface area contributed by atoms with Crippen molar-refractivity contribution in [1.29, 1.82) is 0 Å². The average Bonchev–Trinajstić information content (AvgIpc) is 2.66. The number of carbonyl (C=O) groups excluding carboxylic acids is 1. The van der Waals surface area contributed by atoms with Gasteiger partial charge >= 0.3 is 6.09 Å². The van der Waals surface area contributed by atoms with E-state index in [9.17, 15) is 4.79 Å². The molecule has 1 amide bonds. The van der Waals surface area contributed by atoms with E-state index < -0.39 is 6.09 Å². The predicted octanol–water partition coefficient (Wildman–Crippen LogP) is 5.19. The Hall–Kier alpha value is -3.54. The van der Waals surface area contributed by atoms with Crippen LogP contribution in [0.2, 0.25) is 0 Å². The molecule has 6 heteroatoms. The molecule has 0 spiro atoms. The first-order valence-corrected chi connectivity index (χ1v) is 8.23. The maximum absolute atomic E-state index is 11.4. The molecule has 0 saturated carbocycles. The van der Waals surface area contributed by atoms with E-state index in [-0.39, 0.29) is 0 Å². The van der Waals surface area contributed by atoms with Crippen LogP contribution in [0.25, 0.3) is 0 Å². The zero-order chi connectivity index (χ0) is 18.2. The molecule has 0 fully saturated rings. The number of rotatable bonds is 6. The molecule has 2 N–H and O–H groups in total. The van der Waals surface area contributed by atoms with Crippen molar-refractivity contribution < 1.29 is 14.3 Å². The Morgan fingerprint density at radius 2 is 1.62 bits per heavy atom. The third-order valence-electron chi connectivity index (χ3n) is 3.39. The van der Waals surface area contributed by atoms with Gasteiger partial charge in [0, 0.05) is 5.69 Å². The Bertz CT molecular complexity index is 834. The summed E-state index contributed by atoms with van der Waals surface area (Å²) in [4.78, 5) is 15.5. The van der Waals surface area contributed by atoms with Crippen LogP contribution in [0.4, 0.5) is 22.0 Å². The minimum atomic E-state index is -0.519. The Balaban J connectivity index is 1.58. The molecule has 0 aliphatic heterocycles. The Morgan fingerprint density at radius 1 is 0.923 bits per heavy atom. The SMILES string of the molecule is CCOC(=O)Nc1ccc(Nc2ccc(Oc3ccccc3)cc2)cn1. The van der Waals surface area contributed by atoms with Gasteiger partial charge in [-0.2, -0.15) is 0 Å². The highest BCUT2D eigenvalue weighted by atomic mass is 16.5. The summed E-state index contributed by atoms with van der Waals surface area (Å²) in [6.45, 7) is 2.06. The highest BCUT2D eigenvalue weighted by Crippen LogP contribution is 2.24. The van der Waals surface area contributed by atoms with E-state index in [0.717, 1.165) is 22.9 Å². The van der Waals surface area contributed by atoms with Crippen LogP contribution in [0, 0.1) is 0 Å². The van der Waals surface area contributed by atoms with Crippen LogP contribution in [-0.4, -0.2) is 17.7 Å². The maximum atomic E-state index is 11.4. The van der Waals surface area contributed by atoms with Crippen LogP contribution in [0.15, 0.2) is 72.9 Å². The van der Waals surface area contributed by atoms with Gasteiger partial charge < -0.3 is 14.8 Å². The molecule has 0 saturated heterocycles. The number of ether oxygens (including phenoxy) is 2. The van der Waals surface area contributed by atoms with Gasteiger partial charge in [-0.3, -0.25) is 5.32 Å². The van der Waals surface area contributed by atoms with E-state index in [4.69, 9.17) is 9.47 Å². The summed E-state index contributed by atoms with van der Waals surface area (Å²) in [5, 5.41) is 5.79. The van der Waals surface area contributed by atoms with Crippen molar-refractivity contribution in [2.75, 3.05) is 17.2 Å². The molecule has 3 aromatic rings. The number of amides is 1. The molecule has 0 unspecified atom stereocenters. The minimum absolute atomic E-state index is 0.315. The summed E-state index contributed by atoms with van der Waals surface area (Å²) in [5.41, 5.74) is 1.70. The van der Waals surface area contributed by atoms with Gasteiger partial charge in [0.25, 0.3) is 0 Å². The van der Waals surface area contributed by atoms with Crippen molar-refractivity contribution in [3.8, 4) is 11.5 Å². The number of pyridine rings is 1. The maximum Gasteiger partial charge on any atom is 0.412 e. The van der Waals surface area contributed by atoms with E-state index in [2.05, 4.69) is 15.6 Å². The zero-order valence-electron chi connectivity index (χ0n) is 14.3. The van der Waals surface area contributed by atoms with Crippen molar-refractivity contribution in [2.45, 2.75) is 6.92 Å². The van der Waals surface area contributed by atoms with Gasteiger partial charge in [0.1, 0.15) is 17.3 Å². The van der Waals surface area contributed by atoms with Crippen molar-refractivity contribution >= 4 is 23.3 Å². The monoisotopic (exact) mass is 349 g/mol. The van der Waals surface area contributed by atoms with Crippen LogP contribution < -0.4 is 15.4 Å². The van der Waals surface area contributed by atoms with Crippen LogP contribution in [-0.2, 0) is 4.74 Å². The minimum Gasteiger partial charge on any atom is -0.457 e. The normalized spacial score (nSPS) is 10.0. The molecular formula is C20H19N3O3. The van der Waals surface area contributed by atoms with Gasteiger partial charge in [0.2, 0.25) is 0 Å². The molecular weight excluding hydrogens is 330 g/mol. The van der Waals surface area contributed by atoms with Crippen molar-refractivity contribution in [3.63, 3.8) is 0 Å². The van der Waals surface area contributed by atoms with Gasteiger partial charge in [0.05, 0.1) is 18.5 Å². The number of para-hydroxylation sites is 1. The Labute approximate surface area is 151 Å². The lowest BCUT2D eigenvalue weighted by Gasteiger charge is -2.09. The number of nitrogens with one attached hydrogen (secondary N) is 2. The highest BCUT2D eigenvalue weighted by Gasteiger charge is 2.03. The van der Waals surface area contributed by atoms with E-state index >= 15 is 0 Å². The third kappa shape index (κ3) is 4.98. The standard InChI is InChI=1S/C20H19N3O3/c1-2-25-20(24)23-19-13-10-16(14-21-19)22-15-8-11-18(12-9-15)26-17-6-4-3-5-7-17/h3-14,22H,2H2,1H3,(H,21,23,24). The lowest BCUT2D eigenvalue weighted by molar-refractivity contribution is 0.168. The summed E-state index contributed by atoms with van der Waals surface area (Å²) in [7, 11) is 0. The quantitative estimate of drug-likeness (QED) is 0.641. The number of hydrogen-bond donors (Lipinski definition) is 2. The van der Waals surface area contributed by atoms with Gasteiger partial charge in [-0.15, -0.1) is 0 Å². The van der Waals surface area contributed by atoms with E-state index in [0.29, 0.717) is 12.4 Å². The number of anilines is 3. The van der Waals surface area contributed by atoms with Crippen LogP contribution in [0.1, 0.15) is 6.92 Å². The average molecular weight is 349 g/mol. The molecule has 26 heavy (non-hydrogen) atoms. The van der Waals surface area contributed by atoms with Crippen molar-refractivity contribution in [1.82, 2.24) is 4.98 Å². The lowest BCUT2D eigenvalue weighted by atomic mass is 10.3. The molecule has 0 bridgehead atoms. The molecule has 0 atom stereocenters. The number of nitrogens with zero attached hydrogens (tertiary/aromatic N) is 1. The molecule has 1 aromatic heterocycles. The molecule has 6 nitrogen and oxygen atoms in total. The van der Waals surface area contributed by atoms with Crippen LogP contribution in [0.3, 0.4) is 0 Å². The Kier molecular flexibility index (Phi) is 5.67. The van der Waals surface area contributed by atoms with Gasteiger partial charge in [-0.1, -0.05) is 18.2 Å². The van der Waals surface area contributed by atoms with E-state index in [1.54, 1.807) is 19.2 Å². The van der Waals surface area contributed by atoms with Gasteiger partial charge in [0.15, 0.2) is 0 Å². The largest absolute Gasteiger partial charge is 0.457 e. The van der Waals surface area contributed by atoms with Gasteiger partial charge in [-0.05, 0) is 55.5 Å². The van der Waals surface area contributed by atoms with E-state index in [1.807, 2.05) is 60.7 Å². The topological polar surface area (TPSA) is 72.5 Å². The first-order valence-electron chi connectivity index (χ1n) is 8.23. The predicted molar refractivity (Wildman–Crippen MR) is 101 cm³/mol. The summed E-state index contributed by atoms with van der Waals surface area (Å²) in [5.74, 6) is 1.98. The summed E-state index contributed by atoms with van der Waals surface area (Å²) >= 11 is 0. The van der Waals surface area contributed by atoms with E-state index in [1.165, 1.54) is 0 Å². The van der Waals surface area contributed by atoms with Crippen LogP contribution in [0.5, 0.6) is 11.5 Å². The summed E-state index contributed by atoms with van der Waals surface area (Å²) < 4.78 is 10.6. The molecule has 0 aliphatic carbocycles.